The molecule has 2 N–H and O–H groups in total. The van der Waals surface area contributed by atoms with Gasteiger partial charge >= 0.3 is 0 Å². The fourth-order valence-electron chi connectivity index (χ4n) is 1.99. The zero-order valence-corrected chi connectivity index (χ0v) is 5.73. The number of hydrogen-bond acceptors (Lipinski definition) is 3. The Labute approximate surface area is 59.6 Å². The standard InChI is InChI=1S/C7H12O3/c8-6-4-2-1-3-5(4)10-7(6)9/h4-9H,1-3H2. The molecule has 2 aliphatic rings. The minimum absolute atomic E-state index is 0.130. The molecule has 0 bridgehead atoms. The van der Waals surface area contributed by atoms with Crippen LogP contribution in [0.1, 0.15) is 19.3 Å². The minimum Gasteiger partial charge on any atom is -0.387 e. The fraction of sp³-hybridized carbons (Fsp3) is 1.00. The van der Waals surface area contributed by atoms with Gasteiger partial charge in [0, 0.05) is 5.92 Å². The Morgan fingerprint density at radius 1 is 1.20 bits per heavy atom. The van der Waals surface area contributed by atoms with Gasteiger partial charge in [-0.15, -0.1) is 0 Å². The summed E-state index contributed by atoms with van der Waals surface area (Å²) in [4.78, 5) is 0. The third-order valence-electron chi connectivity index (χ3n) is 2.55. The van der Waals surface area contributed by atoms with Gasteiger partial charge in [-0.2, -0.15) is 0 Å². The van der Waals surface area contributed by atoms with Crippen LogP contribution in [0.2, 0.25) is 0 Å². The molecule has 1 saturated carbocycles. The predicted octanol–water partition coefficient (Wildman–Crippen LogP) is -0.135. The summed E-state index contributed by atoms with van der Waals surface area (Å²) in [6.07, 6.45) is 1.70. The molecule has 0 aromatic carbocycles. The summed E-state index contributed by atoms with van der Waals surface area (Å²) in [7, 11) is 0. The summed E-state index contributed by atoms with van der Waals surface area (Å²) in [6.45, 7) is 0. The highest BCUT2D eigenvalue weighted by molar-refractivity contribution is 4.90. The Balaban J connectivity index is 2.09. The molecule has 1 aliphatic heterocycles. The Morgan fingerprint density at radius 3 is 2.70 bits per heavy atom. The maximum absolute atomic E-state index is 9.29. The van der Waals surface area contributed by atoms with Crippen molar-refractivity contribution in [1.29, 1.82) is 0 Å². The number of hydrogen-bond donors (Lipinski definition) is 2. The molecule has 2 rings (SSSR count). The van der Waals surface area contributed by atoms with Gasteiger partial charge in [0.25, 0.3) is 0 Å². The Morgan fingerprint density at radius 2 is 2.00 bits per heavy atom. The van der Waals surface area contributed by atoms with Gasteiger partial charge in [0.05, 0.1) is 6.10 Å². The summed E-state index contributed by atoms with van der Waals surface area (Å²) >= 11 is 0. The van der Waals surface area contributed by atoms with Gasteiger partial charge in [0.2, 0.25) is 0 Å². The van der Waals surface area contributed by atoms with Crippen molar-refractivity contribution in [3.05, 3.63) is 0 Å². The normalized spacial score (nSPS) is 53.4. The molecule has 0 aromatic rings. The second-order valence-corrected chi connectivity index (χ2v) is 3.15. The third-order valence-corrected chi connectivity index (χ3v) is 2.55. The average Bonchev–Trinajstić information content (AvgIpc) is 2.41. The zero-order valence-electron chi connectivity index (χ0n) is 5.73. The molecule has 10 heavy (non-hydrogen) atoms. The molecule has 1 saturated heterocycles. The van der Waals surface area contributed by atoms with Gasteiger partial charge in [0.15, 0.2) is 6.29 Å². The van der Waals surface area contributed by atoms with E-state index in [4.69, 9.17) is 9.84 Å². The lowest BCUT2D eigenvalue weighted by molar-refractivity contribution is -0.128. The van der Waals surface area contributed by atoms with Gasteiger partial charge in [0.1, 0.15) is 6.10 Å². The fourth-order valence-corrected chi connectivity index (χ4v) is 1.99. The molecule has 4 unspecified atom stereocenters. The molecule has 1 heterocycles. The van der Waals surface area contributed by atoms with Crippen molar-refractivity contribution in [2.24, 2.45) is 5.92 Å². The van der Waals surface area contributed by atoms with Crippen LogP contribution in [0, 0.1) is 5.92 Å². The highest BCUT2D eigenvalue weighted by atomic mass is 16.6. The molecule has 58 valence electrons. The van der Waals surface area contributed by atoms with Gasteiger partial charge in [-0.05, 0) is 12.8 Å². The number of aliphatic hydroxyl groups is 2. The summed E-state index contributed by atoms with van der Waals surface area (Å²) in [5, 5.41) is 18.3. The third kappa shape index (κ3) is 0.779. The number of aliphatic hydroxyl groups excluding tert-OH is 2. The first-order valence-corrected chi connectivity index (χ1v) is 3.80. The second kappa shape index (κ2) is 2.19. The molecular weight excluding hydrogens is 132 g/mol. The number of fused-ring (bicyclic) bond motifs is 1. The molecule has 1 aliphatic carbocycles. The van der Waals surface area contributed by atoms with E-state index < -0.39 is 12.4 Å². The largest absolute Gasteiger partial charge is 0.387 e. The van der Waals surface area contributed by atoms with Gasteiger partial charge in [-0.3, -0.25) is 0 Å². The van der Waals surface area contributed by atoms with Gasteiger partial charge in [-0.25, -0.2) is 0 Å². The lowest BCUT2D eigenvalue weighted by Crippen LogP contribution is -2.25. The Bertz CT molecular complexity index is 135. The van der Waals surface area contributed by atoms with Crippen molar-refractivity contribution in [3.63, 3.8) is 0 Å². The maximum atomic E-state index is 9.29. The quantitative estimate of drug-likeness (QED) is 0.497. The van der Waals surface area contributed by atoms with Crippen LogP contribution in [0.25, 0.3) is 0 Å². The molecular formula is C7H12O3. The first kappa shape index (κ1) is 6.58. The van der Waals surface area contributed by atoms with Crippen LogP contribution >= 0.6 is 0 Å². The van der Waals surface area contributed by atoms with Gasteiger partial charge < -0.3 is 14.9 Å². The second-order valence-electron chi connectivity index (χ2n) is 3.15. The lowest BCUT2D eigenvalue weighted by atomic mass is 10.0. The molecule has 0 aromatic heterocycles. The summed E-state index contributed by atoms with van der Waals surface area (Å²) in [6, 6.07) is 0. The summed E-state index contributed by atoms with van der Waals surface area (Å²) in [5.74, 6) is 0.204. The predicted molar refractivity (Wildman–Crippen MR) is 34.2 cm³/mol. The molecule has 2 fully saturated rings. The Hall–Kier alpha value is -0.120. The molecule has 0 radical (unpaired) electrons. The highest BCUT2D eigenvalue weighted by Crippen LogP contribution is 2.38. The van der Waals surface area contributed by atoms with Crippen LogP contribution in [-0.2, 0) is 4.74 Å². The lowest BCUT2D eigenvalue weighted by Gasteiger charge is -2.09. The SMILES string of the molecule is OC1OC2CCCC2C1O. The smallest absolute Gasteiger partial charge is 0.181 e. The van der Waals surface area contributed by atoms with Crippen LogP contribution < -0.4 is 0 Å². The van der Waals surface area contributed by atoms with Crippen LogP contribution in [0.3, 0.4) is 0 Å². The van der Waals surface area contributed by atoms with E-state index in [0.29, 0.717) is 0 Å². The topological polar surface area (TPSA) is 49.7 Å². The van der Waals surface area contributed by atoms with Crippen molar-refractivity contribution < 1.29 is 14.9 Å². The van der Waals surface area contributed by atoms with Crippen molar-refractivity contribution in [2.75, 3.05) is 0 Å². The van der Waals surface area contributed by atoms with Crippen LogP contribution in [0.15, 0.2) is 0 Å². The monoisotopic (exact) mass is 144 g/mol. The average molecular weight is 144 g/mol. The zero-order chi connectivity index (χ0) is 7.14. The van der Waals surface area contributed by atoms with Crippen molar-refractivity contribution in [3.8, 4) is 0 Å². The first-order chi connectivity index (χ1) is 4.79. The van der Waals surface area contributed by atoms with Crippen molar-refractivity contribution in [2.45, 2.75) is 37.8 Å². The van der Waals surface area contributed by atoms with E-state index in [2.05, 4.69) is 0 Å². The van der Waals surface area contributed by atoms with E-state index in [1.807, 2.05) is 0 Å². The summed E-state index contributed by atoms with van der Waals surface area (Å²) < 4.78 is 5.10. The van der Waals surface area contributed by atoms with E-state index in [1.54, 1.807) is 0 Å². The molecule has 0 spiro atoms. The van der Waals surface area contributed by atoms with E-state index >= 15 is 0 Å². The maximum Gasteiger partial charge on any atom is 0.181 e. The highest BCUT2D eigenvalue weighted by Gasteiger charge is 2.44. The minimum atomic E-state index is -0.921. The first-order valence-electron chi connectivity index (χ1n) is 3.80. The Kier molecular flexibility index (Phi) is 1.44. The van der Waals surface area contributed by atoms with Gasteiger partial charge in [-0.1, -0.05) is 6.42 Å². The van der Waals surface area contributed by atoms with E-state index in [9.17, 15) is 5.11 Å². The number of rotatable bonds is 0. The van der Waals surface area contributed by atoms with Crippen molar-refractivity contribution >= 4 is 0 Å². The molecule has 4 atom stereocenters. The van der Waals surface area contributed by atoms with Crippen LogP contribution in [-0.4, -0.2) is 28.7 Å². The van der Waals surface area contributed by atoms with E-state index in [0.717, 1.165) is 19.3 Å². The van der Waals surface area contributed by atoms with E-state index in [-0.39, 0.29) is 12.0 Å². The molecule has 0 amide bonds. The molecule has 3 heteroatoms. The van der Waals surface area contributed by atoms with E-state index in [1.165, 1.54) is 0 Å². The molecule has 3 nitrogen and oxygen atoms in total. The van der Waals surface area contributed by atoms with Crippen LogP contribution in [0.4, 0.5) is 0 Å². The van der Waals surface area contributed by atoms with Crippen LogP contribution in [0.5, 0.6) is 0 Å². The van der Waals surface area contributed by atoms with Crippen molar-refractivity contribution in [1.82, 2.24) is 0 Å². The summed E-state index contributed by atoms with van der Waals surface area (Å²) in [5.41, 5.74) is 0. The number of ether oxygens (including phenoxy) is 1.